The third kappa shape index (κ3) is 1.69. The van der Waals surface area contributed by atoms with Crippen molar-refractivity contribution in [3.8, 4) is 0 Å². The zero-order valence-corrected chi connectivity index (χ0v) is 8.67. The van der Waals surface area contributed by atoms with Crippen molar-refractivity contribution in [3.05, 3.63) is 33.4 Å². The van der Waals surface area contributed by atoms with Crippen LogP contribution in [0, 0.1) is 0 Å². The third-order valence-corrected chi connectivity index (χ3v) is 2.92. The van der Waals surface area contributed by atoms with E-state index in [2.05, 4.69) is 11.3 Å². The standard InChI is InChI=1S/C9H6F2N3OS/c10-8(11)14-6-2-1-5(4-13-12)3-7(6)16-9(14)15/h1-3,8H,12H2. The second-order valence-electron chi connectivity index (χ2n) is 2.94. The summed E-state index contributed by atoms with van der Waals surface area (Å²) in [7, 11) is 0. The van der Waals surface area contributed by atoms with Crippen LogP contribution < -0.4 is 10.7 Å². The topological polar surface area (TPSA) is 60.4 Å². The summed E-state index contributed by atoms with van der Waals surface area (Å²) in [4.78, 5) is 10.6. The molecule has 0 bridgehead atoms. The first-order valence-corrected chi connectivity index (χ1v) is 5.04. The van der Waals surface area contributed by atoms with Gasteiger partial charge < -0.3 is 5.84 Å². The minimum atomic E-state index is -2.83. The largest absolute Gasteiger partial charge is 0.323 e. The Morgan fingerprint density at radius 2 is 2.25 bits per heavy atom. The molecule has 4 nitrogen and oxygen atoms in total. The van der Waals surface area contributed by atoms with Crippen molar-refractivity contribution in [3.63, 3.8) is 0 Å². The van der Waals surface area contributed by atoms with Gasteiger partial charge in [-0.25, -0.2) is 4.57 Å². The molecule has 2 rings (SSSR count). The number of thiazole rings is 1. The number of alkyl halides is 2. The SMILES string of the molecule is N/N=[C]/c1ccc2c(c1)sc(=O)n2C(F)F. The number of hydrazone groups is 1. The zero-order valence-electron chi connectivity index (χ0n) is 7.85. The van der Waals surface area contributed by atoms with Gasteiger partial charge in [0.1, 0.15) is 6.21 Å². The number of nitrogens with two attached hydrogens (primary N) is 1. The van der Waals surface area contributed by atoms with Gasteiger partial charge in [-0.1, -0.05) is 17.4 Å². The highest BCUT2D eigenvalue weighted by molar-refractivity contribution is 7.16. The molecule has 7 heteroatoms. The molecule has 0 unspecified atom stereocenters. The molecule has 0 aliphatic carbocycles. The van der Waals surface area contributed by atoms with Gasteiger partial charge in [0.2, 0.25) is 0 Å². The molecule has 0 amide bonds. The summed E-state index contributed by atoms with van der Waals surface area (Å²) in [6, 6.07) is 4.48. The molecule has 0 saturated carbocycles. The number of benzene rings is 1. The Labute approximate surface area is 92.6 Å². The maximum Gasteiger partial charge on any atom is 0.322 e. The average Bonchev–Trinajstić information content (AvgIpc) is 2.53. The Hall–Kier alpha value is -1.76. The fraction of sp³-hybridized carbons (Fsp3) is 0.111. The molecular weight excluding hydrogens is 236 g/mol. The lowest BCUT2D eigenvalue weighted by molar-refractivity contribution is 0.0729. The molecule has 0 aliphatic rings. The van der Waals surface area contributed by atoms with E-state index in [9.17, 15) is 13.6 Å². The van der Waals surface area contributed by atoms with E-state index in [1.807, 2.05) is 0 Å². The molecule has 2 N–H and O–H groups in total. The molecule has 2 aromatic rings. The molecule has 0 fully saturated rings. The number of hydrogen-bond acceptors (Lipinski definition) is 4. The highest BCUT2D eigenvalue weighted by Crippen LogP contribution is 2.22. The van der Waals surface area contributed by atoms with E-state index < -0.39 is 11.4 Å². The Morgan fingerprint density at radius 3 is 2.88 bits per heavy atom. The summed E-state index contributed by atoms with van der Waals surface area (Å²) in [6.07, 6.45) is 2.47. The van der Waals surface area contributed by atoms with Crippen LogP contribution in [0.1, 0.15) is 12.1 Å². The van der Waals surface area contributed by atoms with E-state index in [0.717, 1.165) is 11.3 Å². The van der Waals surface area contributed by atoms with Gasteiger partial charge >= 0.3 is 11.4 Å². The molecule has 0 aliphatic heterocycles. The highest BCUT2D eigenvalue weighted by Gasteiger charge is 2.14. The second kappa shape index (κ2) is 4.01. The molecule has 1 heterocycles. The van der Waals surface area contributed by atoms with Crippen molar-refractivity contribution < 1.29 is 8.78 Å². The zero-order chi connectivity index (χ0) is 11.7. The van der Waals surface area contributed by atoms with Crippen molar-refractivity contribution >= 4 is 27.8 Å². The maximum atomic E-state index is 12.6. The van der Waals surface area contributed by atoms with Crippen LogP contribution in [0.3, 0.4) is 0 Å². The number of aromatic nitrogens is 1. The average molecular weight is 242 g/mol. The summed E-state index contributed by atoms with van der Waals surface area (Å²) in [5.74, 6) is 4.92. The number of hydrogen-bond donors (Lipinski definition) is 1. The Bertz CT molecular complexity index is 602. The summed E-state index contributed by atoms with van der Waals surface area (Å²) in [5, 5.41) is 3.20. The van der Waals surface area contributed by atoms with E-state index in [1.165, 1.54) is 18.2 Å². The van der Waals surface area contributed by atoms with Crippen molar-refractivity contribution in [2.75, 3.05) is 0 Å². The van der Waals surface area contributed by atoms with Crippen molar-refractivity contribution in [2.24, 2.45) is 10.9 Å². The van der Waals surface area contributed by atoms with Crippen LogP contribution in [0.15, 0.2) is 28.1 Å². The molecule has 1 radical (unpaired) electrons. The van der Waals surface area contributed by atoms with Crippen LogP contribution >= 0.6 is 11.3 Å². The van der Waals surface area contributed by atoms with Gasteiger partial charge in [0, 0.05) is 5.56 Å². The summed E-state index contributed by atoms with van der Waals surface area (Å²) >= 11 is 0.752. The normalized spacial score (nSPS) is 11.9. The fourth-order valence-electron chi connectivity index (χ4n) is 1.37. The van der Waals surface area contributed by atoms with E-state index >= 15 is 0 Å². The first-order chi connectivity index (χ1) is 7.63. The number of fused-ring (bicyclic) bond motifs is 1. The van der Waals surface area contributed by atoms with Gasteiger partial charge in [0.05, 0.1) is 10.2 Å². The van der Waals surface area contributed by atoms with Gasteiger partial charge in [0.15, 0.2) is 0 Å². The Balaban J connectivity index is 2.70. The lowest BCUT2D eigenvalue weighted by Crippen LogP contribution is -2.12. The minimum absolute atomic E-state index is 0.201. The predicted octanol–water partition coefficient (Wildman–Crippen LogP) is 1.63. The molecular formula is C9H6F2N3OS. The smallest absolute Gasteiger partial charge is 0.322 e. The number of rotatable bonds is 2. The van der Waals surface area contributed by atoms with Crippen LogP contribution in [0.5, 0.6) is 0 Å². The van der Waals surface area contributed by atoms with Gasteiger partial charge in [-0.2, -0.15) is 13.9 Å². The molecule has 1 aromatic heterocycles. The van der Waals surface area contributed by atoms with E-state index in [1.54, 1.807) is 0 Å². The van der Waals surface area contributed by atoms with Gasteiger partial charge in [-0.15, -0.1) is 0 Å². The van der Waals surface area contributed by atoms with Crippen LogP contribution in [-0.4, -0.2) is 10.8 Å². The first kappa shape index (κ1) is 10.7. The van der Waals surface area contributed by atoms with Crippen LogP contribution in [-0.2, 0) is 0 Å². The van der Waals surface area contributed by atoms with Gasteiger partial charge in [0.25, 0.3) is 0 Å². The second-order valence-corrected chi connectivity index (χ2v) is 3.93. The Kier molecular flexibility index (Phi) is 2.69. The van der Waals surface area contributed by atoms with E-state index in [4.69, 9.17) is 5.84 Å². The van der Waals surface area contributed by atoms with Crippen LogP contribution in [0.25, 0.3) is 10.2 Å². The third-order valence-electron chi connectivity index (χ3n) is 2.00. The number of nitrogens with zero attached hydrogens (tertiary/aromatic N) is 2. The summed E-state index contributed by atoms with van der Waals surface area (Å²) < 4.78 is 26.0. The quantitative estimate of drug-likeness (QED) is 0.494. The monoisotopic (exact) mass is 242 g/mol. The molecule has 1 aromatic carbocycles. The lowest BCUT2D eigenvalue weighted by Gasteiger charge is -2.00. The van der Waals surface area contributed by atoms with Gasteiger partial charge in [-0.3, -0.25) is 4.79 Å². The highest BCUT2D eigenvalue weighted by atomic mass is 32.1. The predicted molar refractivity (Wildman–Crippen MR) is 58.1 cm³/mol. The maximum absolute atomic E-state index is 12.6. The fourth-order valence-corrected chi connectivity index (χ4v) is 2.29. The van der Waals surface area contributed by atoms with Crippen molar-refractivity contribution in [1.82, 2.24) is 4.57 Å². The van der Waals surface area contributed by atoms with Crippen molar-refractivity contribution in [1.29, 1.82) is 0 Å². The molecule has 0 saturated heterocycles. The van der Waals surface area contributed by atoms with E-state index in [0.29, 0.717) is 14.8 Å². The number of halogens is 2. The molecule has 16 heavy (non-hydrogen) atoms. The van der Waals surface area contributed by atoms with Crippen LogP contribution in [0.4, 0.5) is 8.78 Å². The van der Waals surface area contributed by atoms with E-state index in [-0.39, 0.29) is 5.52 Å². The van der Waals surface area contributed by atoms with Gasteiger partial charge in [-0.05, 0) is 12.1 Å². The first-order valence-electron chi connectivity index (χ1n) is 4.22. The lowest BCUT2D eigenvalue weighted by atomic mass is 10.2. The molecule has 0 atom stereocenters. The molecule has 83 valence electrons. The summed E-state index contributed by atoms with van der Waals surface area (Å²) in [5.41, 5.74) is 0.741. The minimum Gasteiger partial charge on any atom is -0.323 e. The molecule has 0 spiro atoms. The summed E-state index contributed by atoms with van der Waals surface area (Å²) in [6.45, 7) is -2.83. The van der Waals surface area contributed by atoms with Crippen molar-refractivity contribution in [2.45, 2.75) is 6.55 Å². The van der Waals surface area contributed by atoms with Crippen LogP contribution in [0.2, 0.25) is 0 Å². The Morgan fingerprint density at radius 1 is 1.50 bits per heavy atom.